The van der Waals surface area contributed by atoms with E-state index in [1.54, 1.807) is 50.2 Å². The van der Waals surface area contributed by atoms with E-state index >= 15 is 0 Å². The summed E-state index contributed by atoms with van der Waals surface area (Å²) >= 11 is 5.96. The van der Waals surface area contributed by atoms with Gasteiger partial charge in [0.25, 0.3) is 10.0 Å². The first-order valence-electron chi connectivity index (χ1n) is 9.72. The second kappa shape index (κ2) is 9.44. The van der Waals surface area contributed by atoms with Gasteiger partial charge in [-0.1, -0.05) is 41.9 Å². The number of sulfonamides is 1. The van der Waals surface area contributed by atoms with E-state index in [4.69, 9.17) is 11.6 Å². The molecule has 0 saturated carbocycles. The zero-order chi connectivity index (χ0) is 24.4. The van der Waals surface area contributed by atoms with Crippen LogP contribution >= 0.6 is 11.6 Å². The molecule has 0 unspecified atom stereocenters. The number of halogens is 4. The van der Waals surface area contributed by atoms with E-state index in [-0.39, 0.29) is 21.3 Å². The van der Waals surface area contributed by atoms with Gasteiger partial charge in [-0.15, -0.1) is 0 Å². The molecule has 0 aliphatic heterocycles. The molecule has 5 nitrogen and oxygen atoms in total. The second-order valence-electron chi connectivity index (χ2n) is 7.28. The molecule has 3 aromatic carbocycles. The number of amides is 1. The van der Waals surface area contributed by atoms with E-state index in [0.29, 0.717) is 11.6 Å². The molecule has 0 aliphatic carbocycles. The highest BCUT2D eigenvalue weighted by Gasteiger charge is 2.32. The van der Waals surface area contributed by atoms with Gasteiger partial charge in [0.2, 0.25) is 5.91 Å². The van der Waals surface area contributed by atoms with Gasteiger partial charge < -0.3 is 5.32 Å². The van der Waals surface area contributed by atoms with Crippen molar-refractivity contribution in [3.63, 3.8) is 0 Å². The summed E-state index contributed by atoms with van der Waals surface area (Å²) in [4.78, 5) is 12.8. The minimum Gasteiger partial charge on any atom is -0.323 e. The van der Waals surface area contributed by atoms with Crippen LogP contribution in [0.4, 0.5) is 24.5 Å². The molecule has 1 N–H and O–H groups in total. The number of hydrogen-bond donors (Lipinski definition) is 1. The Labute approximate surface area is 194 Å². The number of aryl methyl sites for hydroxylation is 1. The van der Waals surface area contributed by atoms with Crippen molar-refractivity contribution in [1.82, 2.24) is 0 Å². The summed E-state index contributed by atoms with van der Waals surface area (Å²) < 4.78 is 66.9. The molecule has 0 radical (unpaired) electrons. The van der Waals surface area contributed by atoms with Gasteiger partial charge in [0.05, 0.1) is 26.9 Å². The third-order valence-electron chi connectivity index (χ3n) is 5.03. The van der Waals surface area contributed by atoms with Crippen LogP contribution in [-0.2, 0) is 21.0 Å². The lowest BCUT2D eigenvalue weighted by molar-refractivity contribution is -0.137. The van der Waals surface area contributed by atoms with Crippen LogP contribution in [0.15, 0.2) is 71.6 Å². The Morgan fingerprint density at radius 3 is 2.30 bits per heavy atom. The predicted molar refractivity (Wildman–Crippen MR) is 122 cm³/mol. The summed E-state index contributed by atoms with van der Waals surface area (Å²) in [6.45, 7) is 2.85. The highest BCUT2D eigenvalue weighted by atomic mass is 35.5. The highest BCUT2D eigenvalue weighted by Crippen LogP contribution is 2.34. The molecule has 33 heavy (non-hydrogen) atoms. The Balaban J connectivity index is 2.00. The van der Waals surface area contributed by atoms with E-state index in [9.17, 15) is 26.4 Å². The summed E-state index contributed by atoms with van der Waals surface area (Å²) in [6, 6.07) is 15.1. The summed E-state index contributed by atoms with van der Waals surface area (Å²) in [5.74, 6) is -0.850. The molecule has 0 aromatic heterocycles. The van der Waals surface area contributed by atoms with Crippen LogP contribution in [0.2, 0.25) is 5.02 Å². The summed E-state index contributed by atoms with van der Waals surface area (Å²) in [5, 5.41) is 2.19. The van der Waals surface area contributed by atoms with Gasteiger partial charge in [0.1, 0.15) is 6.54 Å². The maximum absolute atomic E-state index is 13.4. The lowest BCUT2D eigenvalue weighted by atomic mass is 10.1. The van der Waals surface area contributed by atoms with Crippen LogP contribution in [-0.4, -0.2) is 20.9 Å². The number of benzene rings is 3. The molecule has 0 spiro atoms. The monoisotopic (exact) mass is 496 g/mol. The summed E-state index contributed by atoms with van der Waals surface area (Å²) in [6.07, 6.45) is -4.63. The van der Waals surface area contributed by atoms with Crippen LogP contribution in [0.1, 0.15) is 16.7 Å². The number of nitrogens with one attached hydrogen (secondary N) is 1. The lowest BCUT2D eigenvalue weighted by Crippen LogP contribution is -2.38. The summed E-state index contributed by atoms with van der Waals surface area (Å²) in [5.41, 5.74) is 0.466. The first-order chi connectivity index (χ1) is 15.4. The smallest absolute Gasteiger partial charge is 0.323 e. The molecule has 10 heteroatoms. The fourth-order valence-corrected chi connectivity index (χ4v) is 4.81. The molecular weight excluding hydrogens is 477 g/mol. The average Bonchev–Trinajstić information content (AvgIpc) is 2.75. The van der Waals surface area contributed by atoms with E-state index in [1.165, 1.54) is 12.1 Å². The summed E-state index contributed by atoms with van der Waals surface area (Å²) in [7, 11) is -4.16. The van der Waals surface area contributed by atoms with Gasteiger partial charge in [-0.05, 0) is 61.4 Å². The zero-order valence-corrected chi connectivity index (χ0v) is 19.2. The Bertz CT molecular complexity index is 1280. The Hall–Kier alpha value is -3.04. The molecule has 0 bridgehead atoms. The highest BCUT2D eigenvalue weighted by molar-refractivity contribution is 7.92. The van der Waals surface area contributed by atoms with Crippen molar-refractivity contribution in [3.05, 3.63) is 88.4 Å². The normalized spacial score (nSPS) is 11.8. The van der Waals surface area contributed by atoms with Gasteiger partial charge in [-0.25, -0.2) is 8.42 Å². The number of anilines is 2. The van der Waals surface area contributed by atoms with Crippen LogP contribution in [0.5, 0.6) is 0 Å². The van der Waals surface area contributed by atoms with E-state index in [1.807, 2.05) is 0 Å². The SMILES string of the molecule is Cc1cccc(N(CC(=O)Nc2cc(C(F)(F)F)ccc2Cl)S(=O)(=O)c2ccccc2)c1C. The molecule has 0 heterocycles. The van der Waals surface area contributed by atoms with Crippen molar-refractivity contribution in [1.29, 1.82) is 0 Å². The van der Waals surface area contributed by atoms with Crippen LogP contribution in [0, 0.1) is 13.8 Å². The van der Waals surface area contributed by atoms with Gasteiger partial charge >= 0.3 is 6.18 Å². The first-order valence-corrected chi connectivity index (χ1v) is 11.5. The topological polar surface area (TPSA) is 66.5 Å². The van der Waals surface area contributed by atoms with Gasteiger partial charge in [0.15, 0.2) is 0 Å². The predicted octanol–water partition coefficient (Wildman–Crippen LogP) is 5.81. The average molecular weight is 497 g/mol. The van der Waals surface area contributed by atoms with Crippen molar-refractivity contribution in [2.45, 2.75) is 24.9 Å². The standard InChI is InChI=1S/C23H20ClF3N2O3S/c1-15-7-6-10-21(16(15)2)29(33(31,32)18-8-4-3-5-9-18)14-22(30)28-20-13-17(23(25,26)27)11-12-19(20)24/h3-13H,14H2,1-2H3,(H,28,30). The maximum Gasteiger partial charge on any atom is 0.416 e. The second-order valence-corrected chi connectivity index (χ2v) is 9.55. The molecule has 3 aromatic rings. The Morgan fingerprint density at radius 2 is 1.67 bits per heavy atom. The van der Waals surface area contributed by atoms with E-state index in [2.05, 4.69) is 5.32 Å². The molecule has 174 valence electrons. The molecule has 1 amide bonds. The number of carbonyl (C=O) groups excluding carboxylic acids is 1. The van der Waals surface area contributed by atoms with Gasteiger partial charge in [-0.2, -0.15) is 13.2 Å². The van der Waals surface area contributed by atoms with Crippen molar-refractivity contribution >= 4 is 38.9 Å². The van der Waals surface area contributed by atoms with Crippen molar-refractivity contribution < 1.29 is 26.4 Å². The van der Waals surface area contributed by atoms with Crippen molar-refractivity contribution in [2.75, 3.05) is 16.2 Å². The van der Waals surface area contributed by atoms with Gasteiger partial charge in [0, 0.05) is 0 Å². The zero-order valence-electron chi connectivity index (χ0n) is 17.7. The van der Waals surface area contributed by atoms with E-state index in [0.717, 1.165) is 22.0 Å². The molecule has 0 fully saturated rings. The fourth-order valence-electron chi connectivity index (χ4n) is 3.14. The number of alkyl halides is 3. The van der Waals surface area contributed by atoms with Crippen molar-refractivity contribution in [2.24, 2.45) is 0 Å². The minimum atomic E-state index is -4.63. The van der Waals surface area contributed by atoms with Crippen molar-refractivity contribution in [3.8, 4) is 0 Å². The first kappa shape index (κ1) is 24.6. The van der Waals surface area contributed by atoms with Crippen LogP contribution in [0.3, 0.4) is 0 Å². The Morgan fingerprint density at radius 1 is 1.00 bits per heavy atom. The fraction of sp³-hybridized carbons (Fsp3) is 0.174. The molecule has 3 rings (SSSR count). The molecule has 0 saturated heterocycles. The molecule has 0 atom stereocenters. The minimum absolute atomic E-state index is 0.0317. The third-order valence-corrected chi connectivity index (χ3v) is 7.13. The largest absolute Gasteiger partial charge is 0.416 e. The number of nitrogens with zero attached hydrogens (tertiary/aromatic N) is 1. The maximum atomic E-state index is 13.4. The quantitative estimate of drug-likeness (QED) is 0.468. The number of carbonyl (C=O) groups is 1. The Kier molecular flexibility index (Phi) is 7.04. The molecule has 0 aliphatic rings. The number of hydrogen-bond acceptors (Lipinski definition) is 3. The van der Waals surface area contributed by atoms with Gasteiger partial charge in [-0.3, -0.25) is 9.10 Å². The molecular formula is C23H20ClF3N2O3S. The number of rotatable bonds is 6. The van der Waals surface area contributed by atoms with E-state index < -0.39 is 34.2 Å². The van der Waals surface area contributed by atoms with Crippen LogP contribution < -0.4 is 9.62 Å². The third kappa shape index (κ3) is 5.48. The lowest BCUT2D eigenvalue weighted by Gasteiger charge is -2.26. The van der Waals surface area contributed by atoms with Crippen LogP contribution in [0.25, 0.3) is 0 Å².